The van der Waals surface area contributed by atoms with Crippen LogP contribution < -0.4 is 0 Å². The number of Topliss-reactive ketones (excluding diaryl/α,β-unsaturated/α-hetero) is 4. The second-order valence-corrected chi connectivity index (χ2v) is 12.2. The molecule has 1 saturated carbocycles. The Kier molecular flexibility index (Phi) is 14.3. The molecule has 0 bridgehead atoms. The summed E-state index contributed by atoms with van der Waals surface area (Å²) in [7, 11) is 0. The van der Waals surface area contributed by atoms with Crippen LogP contribution in [0.4, 0.5) is 0 Å². The lowest BCUT2D eigenvalue weighted by Gasteiger charge is -2.32. The molecule has 3 unspecified atom stereocenters. The third-order valence-electron chi connectivity index (χ3n) is 8.71. The molecule has 0 saturated heterocycles. The predicted octanol–water partition coefficient (Wildman–Crippen LogP) is 8.62. The number of carbonyl (C=O) groups is 4. The maximum absolute atomic E-state index is 13.3. The maximum atomic E-state index is 13.3. The smallest absolute Gasteiger partial charge is 0.163 e. The number of hydrogen-bond donors (Lipinski definition) is 0. The minimum Gasteiger partial charge on any atom is -0.300 e. The third-order valence-corrected chi connectivity index (χ3v) is 8.71. The predicted molar refractivity (Wildman–Crippen MR) is 160 cm³/mol. The average Bonchev–Trinajstić information content (AvgIpc) is 2.89. The molecule has 218 valence electrons. The third kappa shape index (κ3) is 9.80. The molecule has 0 heterocycles. The summed E-state index contributed by atoms with van der Waals surface area (Å²) in [6.45, 7) is 11.9. The highest BCUT2D eigenvalue weighted by molar-refractivity contribution is 6.00. The van der Waals surface area contributed by atoms with E-state index in [9.17, 15) is 19.2 Å². The van der Waals surface area contributed by atoms with Crippen molar-refractivity contribution in [2.45, 2.75) is 138 Å². The van der Waals surface area contributed by atoms with Gasteiger partial charge in [-0.05, 0) is 80.9 Å². The van der Waals surface area contributed by atoms with E-state index in [0.29, 0.717) is 25.0 Å². The first-order chi connectivity index (χ1) is 18.7. The summed E-state index contributed by atoms with van der Waals surface area (Å²) in [5.74, 6) is 1.10. The number of fused-ring (bicyclic) bond motifs is 1. The van der Waals surface area contributed by atoms with Crippen molar-refractivity contribution < 1.29 is 19.2 Å². The van der Waals surface area contributed by atoms with Gasteiger partial charge in [0.1, 0.15) is 17.3 Å². The van der Waals surface area contributed by atoms with Gasteiger partial charge in [0, 0.05) is 30.2 Å². The summed E-state index contributed by atoms with van der Waals surface area (Å²) in [6.07, 6.45) is 13.1. The van der Waals surface area contributed by atoms with Crippen molar-refractivity contribution >= 4 is 23.1 Å². The Hall–Kier alpha value is -2.10. The van der Waals surface area contributed by atoms with Crippen LogP contribution in [0, 0.1) is 30.6 Å². The van der Waals surface area contributed by atoms with Gasteiger partial charge >= 0.3 is 0 Å². The van der Waals surface area contributed by atoms with E-state index < -0.39 is 0 Å². The van der Waals surface area contributed by atoms with Crippen molar-refractivity contribution in [2.24, 2.45) is 23.7 Å². The summed E-state index contributed by atoms with van der Waals surface area (Å²) in [5.41, 5.74) is 4.21. The molecule has 0 amide bonds. The molecule has 0 spiro atoms. The van der Waals surface area contributed by atoms with E-state index in [2.05, 4.69) is 26.8 Å². The van der Waals surface area contributed by atoms with Gasteiger partial charge in [-0.2, -0.15) is 0 Å². The standard InChI is InChI=1S/C32H46O4.C3H8/c1-5-10-26(27(6-2)30(35)17-22(4)33)18-23-19-28-24(14-13-21(3)32(28)31(36)20-23)15-16-29(34)25-11-8-7-9-12-25;1-3-2/h13-14,23,25-27H,5-12,15-20H2,1-4H3;3H2,1-2H3. The lowest BCUT2D eigenvalue weighted by molar-refractivity contribution is -0.130. The van der Waals surface area contributed by atoms with Crippen molar-refractivity contribution in [1.29, 1.82) is 0 Å². The lowest BCUT2D eigenvalue weighted by Crippen LogP contribution is -2.30. The van der Waals surface area contributed by atoms with E-state index in [4.69, 9.17) is 0 Å². The average molecular weight is 539 g/mol. The highest BCUT2D eigenvalue weighted by atomic mass is 16.1. The zero-order valence-corrected chi connectivity index (χ0v) is 25.7. The Labute approximate surface area is 238 Å². The zero-order valence-electron chi connectivity index (χ0n) is 25.7. The van der Waals surface area contributed by atoms with Gasteiger partial charge in [0.15, 0.2) is 5.78 Å². The summed E-state index contributed by atoms with van der Waals surface area (Å²) >= 11 is 0. The summed E-state index contributed by atoms with van der Waals surface area (Å²) < 4.78 is 0. The van der Waals surface area contributed by atoms with Crippen LogP contribution in [0.3, 0.4) is 0 Å². The summed E-state index contributed by atoms with van der Waals surface area (Å²) in [6, 6.07) is 4.18. The fourth-order valence-electron chi connectivity index (χ4n) is 6.92. The van der Waals surface area contributed by atoms with Crippen molar-refractivity contribution in [1.82, 2.24) is 0 Å². The first-order valence-corrected chi connectivity index (χ1v) is 15.9. The van der Waals surface area contributed by atoms with Gasteiger partial charge in [0.25, 0.3) is 0 Å². The molecule has 2 aliphatic carbocycles. The molecule has 4 heteroatoms. The SMILES string of the molecule is CCC.CCCC(CC1CC(=O)c2c(C)ccc(CCC(=O)C3CCCCC3)c2C1)C(CC)C(=O)CC(C)=O. The van der Waals surface area contributed by atoms with Gasteiger partial charge < -0.3 is 0 Å². The zero-order chi connectivity index (χ0) is 28.9. The Bertz CT molecular complexity index is 969. The van der Waals surface area contributed by atoms with Crippen LogP contribution in [0.15, 0.2) is 12.1 Å². The van der Waals surface area contributed by atoms with Crippen LogP contribution in [0.5, 0.6) is 0 Å². The topological polar surface area (TPSA) is 68.3 Å². The highest BCUT2D eigenvalue weighted by Gasteiger charge is 2.34. The van der Waals surface area contributed by atoms with Crippen LogP contribution in [0.2, 0.25) is 0 Å². The molecule has 0 radical (unpaired) electrons. The fraction of sp³-hybridized carbons (Fsp3) is 0.714. The summed E-state index contributed by atoms with van der Waals surface area (Å²) in [4.78, 5) is 50.7. The molecular weight excluding hydrogens is 484 g/mol. The maximum Gasteiger partial charge on any atom is 0.163 e. The molecule has 1 aromatic rings. The fourth-order valence-corrected chi connectivity index (χ4v) is 6.92. The number of aryl methyl sites for hydroxylation is 2. The summed E-state index contributed by atoms with van der Waals surface area (Å²) in [5, 5.41) is 0. The Morgan fingerprint density at radius 2 is 1.64 bits per heavy atom. The number of ketones is 4. The van der Waals surface area contributed by atoms with Gasteiger partial charge in [-0.1, -0.05) is 78.4 Å². The quantitative estimate of drug-likeness (QED) is 0.236. The normalized spacial score (nSPS) is 18.9. The largest absolute Gasteiger partial charge is 0.300 e. The monoisotopic (exact) mass is 538 g/mol. The van der Waals surface area contributed by atoms with E-state index in [1.807, 2.05) is 19.9 Å². The highest BCUT2D eigenvalue weighted by Crippen LogP contribution is 2.38. The number of carbonyl (C=O) groups excluding carboxylic acids is 4. The molecule has 39 heavy (non-hydrogen) atoms. The van der Waals surface area contributed by atoms with Gasteiger partial charge in [-0.3, -0.25) is 19.2 Å². The Morgan fingerprint density at radius 1 is 0.974 bits per heavy atom. The molecule has 3 rings (SSSR count). The molecule has 0 N–H and O–H groups in total. The number of benzene rings is 1. The van der Waals surface area contributed by atoms with Crippen LogP contribution >= 0.6 is 0 Å². The van der Waals surface area contributed by atoms with Crippen LogP contribution in [-0.2, 0) is 27.2 Å². The number of rotatable bonds is 13. The molecule has 0 aliphatic heterocycles. The molecular formula is C35H54O4. The van der Waals surface area contributed by atoms with Crippen molar-refractivity contribution in [3.63, 3.8) is 0 Å². The molecule has 2 aliphatic rings. The second kappa shape index (κ2) is 16.9. The lowest BCUT2D eigenvalue weighted by atomic mass is 9.71. The molecule has 1 fully saturated rings. The first-order valence-electron chi connectivity index (χ1n) is 15.9. The minimum atomic E-state index is -0.115. The van der Waals surface area contributed by atoms with E-state index in [1.54, 1.807) is 0 Å². The van der Waals surface area contributed by atoms with E-state index in [-0.39, 0.29) is 47.4 Å². The number of hydrogen-bond acceptors (Lipinski definition) is 4. The minimum absolute atomic E-state index is 0.0174. The van der Waals surface area contributed by atoms with Crippen molar-refractivity contribution in [2.75, 3.05) is 0 Å². The van der Waals surface area contributed by atoms with Gasteiger partial charge in [0.2, 0.25) is 0 Å². The van der Waals surface area contributed by atoms with Crippen molar-refractivity contribution in [3.05, 3.63) is 34.4 Å². The van der Waals surface area contributed by atoms with Crippen LogP contribution in [0.1, 0.15) is 145 Å². The van der Waals surface area contributed by atoms with E-state index in [0.717, 1.165) is 67.2 Å². The van der Waals surface area contributed by atoms with Gasteiger partial charge in [0.05, 0.1) is 6.42 Å². The second-order valence-electron chi connectivity index (χ2n) is 12.2. The van der Waals surface area contributed by atoms with Gasteiger partial charge in [-0.15, -0.1) is 0 Å². The van der Waals surface area contributed by atoms with Crippen molar-refractivity contribution in [3.8, 4) is 0 Å². The first kappa shape index (κ1) is 33.1. The van der Waals surface area contributed by atoms with Crippen LogP contribution in [0.25, 0.3) is 0 Å². The Balaban J connectivity index is 0.00000170. The van der Waals surface area contributed by atoms with E-state index >= 15 is 0 Å². The van der Waals surface area contributed by atoms with Crippen LogP contribution in [-0.4, -0.2) is 23.1 Å². The molecule has 3 atom stereocenters. The molecule has 0 aromatic heterocycles. The van der Waals surface area contributed by atoms with Gasteiger partial charge in [-0.25, -0.2) is 0 Å². The van der Waals surface area contributed by atoms with E-state index in [1.165, 1.54) is 32.6 Å². The molecule has 4 nitrogen and oxygen atoms in total. The molecule has 1 aromatic carbocycles. The Morgan fingerprint density at radius 3 is 2.23 bits per heavy atom.